The van der Waals surface area contributed by atoms with Crippen LogP contribution in [-0.2, 0) is 19.5 Å². The number of carbonyl (C=O) groups is 1. The van der Waals surface area contributed by atoms with Crippen molar-refractivity contribution in [1.82, 2.24) is 20.2 Å². The van der Waals surface area contributed by atoms with E-state index >= 15 is 0 Å². The molecule has 7 nitrogen and oxygen atoms in total. The fourth-order valence-corrected chi connectivity index (χ4v) is 4.07. The molecule has 0 saturated heterocycles. The third-order valence-electron chi connectivity index (χ3n) is 5.48. The second kappa shape index (κ2) is 7.59. The van der Waals surface area contributed by atoms with E-state index < -0.39 is 0 Å². The van der Waals surface area contributed by atoms with Gasteiger partial charge in [-0.15, -0.1) is 0 Å². The number of anilines is 4. The maximum absolute atomic E-state index is 12.2. The Morgan fingerprint density at radius 2 is 2.03 bits per heavy atom. The fourth-order valence-electron chi connectivity index (χ4n) is 3.93. The lowest BCUT2D eigenvalue weighted by atomic mass is 9.99. The van der Waals surface area contributed by atoms with Gasteiger partial charge in [0.15, 0.2) is 5.82 Å². The molecule has 3 aromatic rings. The summed E-state index contributed by atoms with van der Waals surface area (Å²) in [6.45, 7) is 2.54. The molecule has 30 heavy (non-hydrogen) atoms. The summed E-state index contributed by atoms with van der Waals surface area (Å²) in [5.41, 5.74) is 5.87. The van der Waals surface area contributed by atoms with Crippen LogP contribution in [0.1, 0.15) is 27.0 Å². The van der Waals surface area contributed by atoms with E-state index in [1.807, 2.05) is 24.3 Å². The van der Waals surface area contributed by atoms with E-state index in [-0.39, 0.29) is 5.91 Å². The standard InChI is InChI=1S/C22H21ClN6O/c1-29-8-7-13-5-6-16(9-15(13)12-29)26-22-25-11-17(23)20(28-22)27-18-4-2-3-14-10-24-21(30)19(14)18/h2-6,9,11H,7-8,10,12H2,1H3,(H,24,30)(H2,25,26,27,28). The van der Waals surface area contributed by atoms with E-state index in [2.05, 4.69) is 50.0 Å². The third-order valence-corrected chi connectivity index (χ3v) is 5.76. The summed E-state index contributed by atoms with van der Waals surface area (Å²) in [5, 5.41) is 9.67. The second-order valence-electron chi connectivity index (χ2n) is 7.63. The number of amides is 1. The second-order valence-corrected chi connectivity index (χ2v) is 8.04. The van der Waals surface area contributed by atoms with Crippen LogP contribution in [-0.4, -0.2) is 34.4 Å². The van der Waals surface area contributed by atoms with Crippen LogP contribution in [0.5, 0.6) is 0 Å². The number of fused-ring (bicyclic) bond motifs is 2. The number of rotatable bonds is 4. The van der Waals surface area contributed by atoms with Crippen molar-refractivity contribution in [2.75, 3.05) is 24.2 Å². The Morgan fingerprint density at radius 1 is 1.13 bits per heavy atom. The zero-order chi connectivity index (χ0) is 20.7. The molecular formula is C22H21ClN6O. The van der Waals surface area contributed by atoms with Gasteiger partial charge in [-0.25, -0.2) is 4.98 Å². The Morgan fingerprint density at radius 3 is 2.93 bits per heavy atom. The zero-order valence-electron chi connectivity index (χ0n) is 16.5. The summed E-state index contributed by atoms with van der Waals surface area (Å²) < 4.78 is 0. The summed E-state index contributed by atoms with van der Waals surface area (Å²) in [5.74, 6) is 0.777. The van der Waals surface area contributed by atoms with Crippen molar-refractivity contribution in [2.24, 2.45) is 0 Å². The molecule has 3 heterocycles. The molecule has 2 aliphatic heterocycles. The molecule has 0 radical (unpaired) electrons. The van der Waals surface area contributed by atoms with Crippen LogP contribution in [0.15, 0.2) is 42.6 Å². The van der Waals surface area contributed by atoms with E-state index in [1.54, 1.807) is 6.20 Å². The minimum atomic E-state index is -0.101. The number of hydrogen-bond donors (Lipinski definition) is 3. The molecule has 0 atom stereocenters. The molecular weight excluding hydrogens is 400 g/mol. The molecule has 0 unspecified atom stereocenters. The average Bonchev–Trinajstić information content (AvgIpc) is 3.12. The van der Waals surface area contributed by atoms with Gasteiger partial charge in [0.2, 0.25) is 5.95 Å². The van der Waals surface area contributed by atoms with Crippen LogP contribution >= 0.6 is 11.6 Å². The predicted octanol–water partition coefficient (Wildman–Crippen LogP) is 3.85. The van der Waals surface area contributed by atoms with Gasteiger partial charge in [0.25, 0.3) is 5.91 Å². The van der Waals surface area contributed by atoms with Crippen LogP contribution < -0.4 is 16.0 Å². The number of nitrogens with zero attached hydrogens (tertiary/aromatic N) is 3. The van der Waals surface area contributed by atoms with Crippen molar-refractivity contribution in [3.63, 3.8) is 0 Å². The first-order valence-electron chi connectivity index (χ1n) is 9.84. The number of halogens is 1. The van der Waals surface area contributed by atoms with Crippen molar-refractivity contribution in [3.8, 4) is 0 Å². The smallest absolute Gasteiger partial charge is 0.254 e. The molecule has 0 spiro atoms. The molecule has 0 aliphatic carbocycles. The van der Waals surface area contributed by atoms with Gasteiger partial charge in [0.05, 0.1) is 17.4 Å². The number of carbonyl (C=O) groups excluding carboxylic acids is 1. The Labute approximate surface area is 179 Å². The molecule has 5 rings (SSSR count). The summed E-state index contributed by atoms with van der Waals surface area (Å²) in [6, 6.07) is 12.0. The highest BCUT2D eigenvalue weighted by molar-refractivity contribution is 6.33. The lowest BCUT2D eigenvalue weighted by Crippen LogP contribution is -2.26. The lowest BCUT2D eigenvalue weighted by molar-refractivity contribution is 0.0966. The zero-order valence-corrected chi connectivity index (χ0v) is 17.3. The number of benzene rings is 2. The minimum absolute atomic E-state index is 0.101. The van der Waals surface area contributed by atoms with Gasteiger partial charge < -0.3 is 20.9 Å². The Balaban J connectivity index is 1.41. The van der Waals surface area contributed by atoms with E-state index in [1.165, 1.54) is 11.1 Å². The van der Waals surface area contributed by atoms with Gasteiger partial charge in [0.1, 0.15) is 5.02 Å². The number of hydrogen-bond acceptors (Lipinski definition) is 6. The monoisotopic (exact) mass is 420 g/mol. The summed E-state index contributed by atoms with van der Waals surface area (Å²) in [7, 11) is 2.13. The lowest BCUT2D eigenvalue weighted by Gasteiger charge is -2.25. The van der Waals surface area contributed by atoms with Gasteiger partial charge in [-0.1, -0.05) is 29.8 Å². The largest absolute Gasteiger partial charge is 0.348 e. The van der Waals surface area contributed by atoms with Gasteiger partial charge in [-0.2, -0.15) is 4.98 Å². The van der Waals surface area contributed by atoms with E-state index in [0.29, 0.717) is 34.6 Å². The molecule has 3 N–H and O–H groups in total. The van der Waals surface area contributed by atoms with Gasteiger partial charge in [-0.3, -0.25) is 4.79 Å². The summed E-state index contributed by atoms with van der Waals surface area (Å²) in [6.07, 6.45) is 2.61. The van der Waals surface area contributed by atoms with Crippen molar-refractivity contribution in [1.29, 1.82) is 0 Å². The first-order valence-corrected chi connectivity index (χ1v) is 10.2. The van der Waals surface area contributed by atoms with E-state index in [4.69, 9.17) is 11.6 Å². The maximum Gasteiger partial charge on any atom is 0.254 e. The molecule has 0 fully saturated rings. The highest BCUT2D eigenvalue weighted by atomic mass is 35.5. The maximum atomic E-state index is 12.2. The van der Waals surface area contributed by atoms with Crippen molar-refractivity contribution >= 4 is 40.6 Å². The molecule has 152 valence electrons. The quantitative estimate of drug-likeness (QED) is 0.594. The predicted molar refractivity (Wildman–Crippen MR) is 118 cm³/mol. The molecule has 0 bridgehead atoms. The van der Waals surface area contributed by atoms with Gasteiger partial charge in [-0.05, 0) is 48.4 Å². The number of aromatic nitrogens is 2. The number of likely N-dealkylation sites (N-methyl/N-ethyl adjacent to an activating group) is 1. The molecule has 1 aromatic heterocycles. The Kier molecular flexibility index (Phi) is 4.77. The fraction of sp³-hybridized carbons (Fsp3) is 0.227. The van der Waals surface area contributed by atoms with Crippen LogP contribution in [0.3, 0.4) is 0 Å². The van der Waals surface area contributed by atoms with Gasteiger partial charge in [0, 0.05) is 25.3 Å². The first kappa shape index (κ1) is 18.8. The average molecular weight is 421 g/mol. The highest BCUT2D eigenvalue weighted by Gasteiger charge is 2.23. The molecule has 2 aromatic carbocycles. The van der Waals surface area contributed by atoms with Crippen molar-refractivity contribution in [2.45, 2.75) is 19.5 Å². The minimum Gasteiger partial charge on any atom is -0.348 e. The molecule has 2 aliphatic rings. The van der Waals surface area contributed by atoms with E-state index in [9.17, 15) is 4.79 Å². The Bertz CT molecular complexity index is 1150. The number of nitrogens with one attached hydrogen (secondary N) is 3. The molecule has 8 heteroatoms. The summed E-state index contributed by atoms with van der Waals surface area (Å²) in [4.78, 5) is 23.3. The Hall–Kier alpha value is -3.16. The van der Waals surface area contributed by atoms with Crippen LogP contribution in [0, 0.1) is 0 Å². The normalized spacial score (nSPS) is 15.3. The van der Waals surface area contributed by atoms with Crippen molar-refractivity contribution in [3.05, 3.63) is 69.9 Å². The van der Waals surface area contributed by atoms with Crippen LogP contribution in [0.25, 0.3) is 0 Å². The summed E-state index contributed by atoms with van der Waals surface area (Å²) >= 11 is 6.33. The SMILES string of the molecule is CN1CCc2ccc(Nc3ncc(Cl)c(Nc4cccc5c4C(=O)NC5)n3)cc2C1. The van der Waals surface area contributed by atoms with Crippen molar-refractivity contribution < 1.29 is 4.79 Å². The first-order chi connectivity index (χ1) is 14.6. The third kappa shape index (κ3) is 3.58. The molecule has 0 saturated carbocycles. The van der Waals surface area contributed by atoms with E-state index in [0.717, 1.165) is 30.8 Å². The highest BCUT2D eigenvalue weighted by Crippen LogP contribution is 2.30. The topological polar surface area (TPSA) is 82.2 Å². The van der Waals surface area contributed by atoms with Crippen LogP contribution in [0.4, 0.5) is 23.1 Å². The van der Waals surface area contributed by atoms with Crippen LogP contribution in [0.2, 0.25) is 5.02 Å². The van der Waals surface area contributed by atoms with Gasteiger partial charge >= 0.3 is 0 Å². The molecule has 1 amide bonds.